The molecule has 0 bridgehead atoms. The minimum absolute atomic E-state index is 0.0147. The van der Waals surface area contributed by atoms with E-state index >= 15 is 0 Å². The van der Waals surface area contributed by atoms with Crippen LogP contribution in [0.25, 0.3) is 0 Å². The second kappa shape index (κ2) is 9.46. The zero-order chi connectivity index (χ0) is 13.1. The highest BCUT2D eigenvalue weighted by molar-refractivity contribution is 5.87. The molecule has 0 saturated heterocycles. The molecule has 0 unspecified atom stereocenters. The molecule has 0 aliphatic heterocycles. The molecule has 0 radical (unpaired) electrons. The molecule has 1 aromatic carbocycles. The third-order valence-electron chi connectivity index (χ3n) is 2.94. The van der Waals surface area contributed by atoms with Crippen molar-refractivity contribution >= 4 is 5.91 Å². The fraction of sp³-hybridized carbons (Fsp3) is 0.438. The van der Waals surface area contributed by atoms with Gasteiger partial charge < -0.3 is 5.32 Å². The Hall–Kier alpha value is -1.57. The van der Waals surface area contributed by atoms with Gasteiger partial charge in [-0.1, -0.05) is 49.2 Å². The summed E-state index contributed by atoms with van der Waals surface area (Å²) in [5.74, 6) is -0.0147. The van der Waals surface area contributed by atoms with Crippen molar-refractivity contribution in [3.63, 3.8) is 0 Å². The summed E-state index contributed by atoms with van der Waals surface area (Å²) >= 11 is 0. The number of hydrogen-bond acceptors (Lipinski definition) is 1. The first-order valence-electron chi connectivity index (χ1n) is 6.75. The van der Waals surface area contributed by atoms with E-state index in [0.29, 0.717) is 0 Å². The number of aryl methyl sites for hydroxylation is 1. The van der Waals surface area contributed by atoms with Gasteiger partial charge in [0.2, 0.25) is 5.91 Å². The Bertz CT molecular complexity index is 357. The lowest BCUT2D eigenvalue weighted by Crippen LogP contribution is -2.13. The summed E-state index contributed by atoms with van der Waals surface area (Å²) in [5.41, 5.74) is 1.43. The molecule has 98 valence electrons. The van der Waals surface area contributed by atoms with Crippen molar-refractivity contribution in [3.8, 4) is 0 Å². The van der Waals surface area contributed by atoms with Gasteiger partial charge in [0.15, 0.2) is 0 Å². The van der Waals surface area contributed by atoms with Crippen molar-refractivity contribution in [3.05, 3.63) is 48.0 Å². The second-order valence-corrected chi connectivity index (χ2v) is 4.46. The first kappa shape index (κ1) is 14.5. The highest BCUT2D eigenvalue weighted by Gasteiger charge is 1.93. The Balaban J connectivity index is 1.96. The second-order valence-electron chi connectivity index (χ2n) is 4.46. The predicted octanol–water partition coefficient (Wildman–Crippen LogP) is 3.48. The van der Waals surface area contributed by atoms with E-state index in [0.717, 1.165) is 6.42 Å². The van der Waals surface area contributed by atoms with Crippen LogP contribution in [0.5, 0.6) is 0 Å². The molecule has 1 N–H and O–H groups in total. The number of unbranched alkanes of at least 4 members (excludes halogenated alkanes) is 4. The minimum Gasteiger partial charge on any atom is -0.356 e. The van der Waals surface area contributed by atoms with E-state index in [1.54, 1.807) is 13.1 Å². The average molecular weight is 245 g/mol. The smallest absolute Gasteiger partial charge is 0.243 e. The lowest BCUT2D eigenvalue weighted by atomic mass is 10.1. The molecular formula is C16H23NO. The van der Waals surface area contributed by atoms with Gasteiger partial charge in [0.1, 0.15) is 0 Å². The van der Waals surface area contributed by atoms with E-state index < -0.39 is 0 Å². The monoisotopic (exact) mass is 245 g/mol. The SMILES string of the molecule is CNC(=O)C=CCCCCCCc1ccccc1. The van der Waals surface area contributed by atoms with E-state index in [1.165, 1.54) is 37.7 Å². The zero-order valence-corrected chi connectivity index (χ0v) is 11.2. The van der Waals surface area contributed by atoms with Crippen molar-refractivity contribution in [2.24, 2.45) is 0 Å². The molecule has 18 heavy (non-hydrogen) atoms. The molecule has 0 atom stereocenters. The van der Waals surface area contributed by atoms with Crippen molar-refractivity contribution in [1.29, 1.82) is 0 Å². The number of rotatable bonds is 8. The maximum atomic E-state index is 10.9. The quantitative estimate of drug-likeness (QED) is 0.551. The summed E-state index contributed by atoms with van der Waals surface area (Å²) in [6, 6.07) is 10.6. The Kier molecular flexibility index (Phi) is 7.61. The van der Waals surface area contributed by atoms with Crippen molar-refractivity contribution in [1.82, 2.24) is 5.32 Å². The van der Waals surface area contributed by atoms with Crippen LogP contribution >= 0.6 is 0 Å². The molecule has 0 aromatic heterocycles. The summed E-state index contributed by atoms with van der Waals surface area (Å²) < 4.78 is 0. The summed E-state index contributed by atoms with van der Waals surface area (Å²) in [6.45, 7) is 0. The van der Waals surface area contributed by atoms with Gasteiger partial charge in [-0.2, -0.15) is 0 Å². The molecule has 0 heterocycles. The molecule has 0 fully saturated rings. The normalized spacial score (nSPS) is 10.7. The van der Waals surface area contributed by atoms with Crippen LogP contribution < -0.4 is 5.32 Å². The van der Waals surface area contributed by atoms with Gasteiger partial charge in [-0.25, -0.2) is 0 Å². The largest absolute Gasteiger partial charge is 0.356 e. The van der Waals surface area contributed by atoms with Crippen LogP contribution in [0, 0.1) is 0 Å². The molecule has 1 aromatic rings. The van der Waals surface area contributed by atoms with E-state index in [4.69, 9.17) is 0 Å². The maximum absolute atomic E-state index is 10.9. The molecule has 2 nitrogen and oxygen atoms in total. The highest BCUT2D eigenvalue weighted by atomic mass is 16.1. The number of benzene rings is 1. The summed E-state index contributed by atoms with van der Waals surface area (Å²) in [7, 11) is 1.65. The van der Waals surface area contributed by atoms with Gasteiger partial charge >= 0.3 is 0 Å². The fourth-order valence-corrected chi connectivity index (χ4v) is 1.86. The first-order valence-corrected chi connectivity index (χ1v) is 6.75. The maximum Gasteiger partial charge on any atom is 0.243 e. The lowest BCUT2D eigenvalue weighted by molar-refractivity contribution is -0.116. The van der Waals surface area contributed by atoms with Crippen LogP contribution in [0.3, 0.4) is 0 Å². The van der Waals surface area contributed by atoms with Crippen molar-refractivity contribution in [2.75, 3.05) is 7.05 Å². The topological polar surface area (TPSA) is 29.1 Å². The van der Waals surface area contributed by atoms with Crippen LogP contribution in [0.4, 0.5) is 0 Å². The summed E-state index contributed by atoms with van der Waals surface area (Å²) in [6.07, 6.45) is 10.7. The van der Waals surface area contributed by atoms with E-state index in [-0.39, 0.29) is 5.91 Å². The highest BCUT2D eigenvalue weighted by Crippen LogP contribution is 2.08. The number of carbonyl (C=O) groups excluding carboxylic acids is 1. The Morgan fingerprint density at radius 1 is 1.11 bits per heavy atom. The van der Waals surface area contributed by atoms with Crippen LogP contribution in [0.2, 0.25) is 0 Å². The van der Waals surface area contributed by atoms with Gasteiger partial charge in [0, 0.05) is 7.05 Å². The van der Waals surface area contributed by atoms with E-state index in [2.05, 4.69) is 35.6 Å². The molecule has 2 heteroatoms. The van der Waals surface area contributed by atoms with Gasteiger partial charge in [-0.15, -0.1) is 0 Å². The number of carbonyl (C=O) groups is 1. The fourth-order valence-electron chi connectivity index (χ4n) is 1.86. The van der Waals surface area contributed by atoms with Crippen LogP contribution in [-0.2, 0) is 11.2 Å². The number of hydrogen-bond donors (Lipinski definition) is 1. The third kappa shape index (κ3) is 6.89. The molecule has 0 aliphatic carbocycles. The Morgan fingerprint density at radius 2 is 1.83 bits per heavy atom. The van der Waals surface area contributed by atoms with Crippen molar-refractivity contribution < 1.29 is 4.79 Å². The van der Waals surface area contributed by atoms with Gasteiger partial charge in [0.25, 0.3) is 0 Å². The molecule has 0 saturated carbocycles. The minimum atomic E-state index is -0.0147. The Morgan fingerprint density at radius 3 is 2.56 bits per heavy atom. The van der Waals surface area contributed by atoms with E-state index in [1.807, 2.05) is 6.08 Å². The number of allylic oxidation sites excluding steroid dienone is 1. The van der Waals surface area contributed by atoms with E-state index in [9.17, 15) is 4.79 Å². The third-order valence-corrected chi connectivity index (χ3v) is 2.94. The van der Waals surface area contributed by atoms with Crippen LogP contribution in [-0.4, -0.2) is 13.0 Å². The van der Waals surface area contributed by atoms with Crippen LogP contribution in [0.1, 0.15) is 37.7 Å². The molecule has 1 amide bonds. The number of likely N-dealkylation sites (N-methyl/N-ethyl adjacent to an activating group) is 1. The number of nitrogens with one attached hydrogen (secondary N) is 1. The van der Waals surface area contributed by atoms with Crippen LogP contribution in [0.15, 0.2) is 42.5 Å². The Labute approximate surface area is 110 Å². The first-order chi connectivity index (χ1) is 8.83. The van der Waals surface area contributed by atoms with Gasteiger partial charge in [-0.05, 0) is 37.3 Å². The number of amides is 1. The average Bonchev–Trinajstić information content (AvgIpc) is 2.42. The molecule has 0 spiro atoms. The molecule has 1 rings (SSSR count). The van der Waals surface area contributed by atoms with Gasteiger partial charge in [-0.3, -0.25) is 4.79 Å². The standard InChI is InChI=1S/C16H23NO/c1-17-16(18)14-10-5-3-2-4-7-11-15-12-8-6-9-13-15/h6,8-10,12-14H,2-5,7,11H2,1H3,(H,17,18). The molecular weight excluding hydrogens is 222 g/mol. The predicted molar refractivity (Wildman–Crippen MR) is 76.4 cm³/mol. The van der Waals surface area contributed by atoms with Crippen molar-refractivity contribution in [2.45, 2.75) is 38.5 Å². The summed E-state index contributed by atoms with van der Waals surface area (Å²) in [5, 5.41) is 2.57. The zero-order valence-electron chi connectivity index (χ0n) is 11.2. The molecule has 0 aliphatic rings. The van der Waals surface area contributed by atoms with Gasteiger partial charge in [0.05, 0.1) is 0 Å². The lowest BCUT2D eigenvalue weighted by Gasteiger charge is -2.01. The summed E-state index contributed by atoms with van der Waals surface area (Å²) in [4.78, 5) is 10.9.